The molecule has 6 heteroatoms. The number of sulfonamides is 1. The van der Waals surface area contributed by atoms with E-state index >= 15 is 0 Å². The number of nitrogens with one attached hydrogen (secondary N) is 2. The Bertz CT molecular complexity index is 360. The minimum Gasteiger partial charge on any atom is -0.377 e. The lowest BCUT2D eigenvalue weighted by atomic mass is 9.96. The monoisotopic (exact) mass is 290 g/mol. The van der Waals surface area contributed by atoms with Crippen LogP contribution in [0.2, 0.25) is 0 Å². The molecule has 0 aromatic rings. The average Bonchev–Trinajstić information content (AvgIpc) is 2.91. The molecule has 2 N–H and O–H groups in total. The molecule has 0 saturated carbocycles. The van der Waals surface area contributed by atoms with Crippen molar-refractivity contribution < 1.29 is 13.2 Å². The van der Waals surface area contributed by atoms with Gasteiger partial charge in [-0.1, -0.05) is 0 Å². The molecule has 2 aliphatic heterocycles. The van der Waals surface area contributed by atoms with Gasteiger partial charge in [0.2, 0.25) is 10.0 Å². The van der Waals surface area contributed by atoms with Gasteiger partial charge in [0.25, 0.3) is 0 Å². The highest BCUT2D eigenvalue weighted by atomic mass is 32.2. The first-order chi connectivity index (χ1) is 9.07. The van der Waals surface area contributed by atoms with Crippen LogP contribution in [0.4, 0.5) is 0 Å². The van der Waals surface area contributed by atoms with E-state index in [9.17, 15) is 8.42 Å². The largest absolute Gasteiger partial charge is 0.377 e. The molecule has 0 aromatic carbocycles. The maximum absolute atomic E-state index is 12.1. The summed E-state index contributed by atoms with van der Waals surface area (Å²) in [5.41, 5.74) is 0. The first kappa shape index (κ1) is 15.2. The van der Waals surface area contributed by atoms with Crippen molar-refractivity contribution in [2.24, 2.45) is 5.92 Å². The molecule has 2 atom stereocenters. The lowest BCUT2D eigenvalue weighted by Crippen LogP contribution is -2.42. The summed E-state index contributed by atoms with van der Waals surface area (Å²) in [7, 11) is -3.17. The molecule has 19 heavy (non-hydrogen) atoms. The van der Waals surface area contributed by atoms with Gasteiger partial charge < -0.3 is 10.1 Å². The molecule has 2 aliphatic rings. The van der Waals surface area contributed by atoms with E-state index < -0.39 is 10.0 Å². The molecular formula is C13H26N2O3S. The van der Waals surface area contributed by atoms with Gasteiger partial charge in [-0.15, -0.1) is 0 Å². The molecule has 0 bridgehead atoms. The molecular weight excluding hydrogens is 264 g/mol. The van der Waals surface area contributed by atoms with Gasteiger partial charge in [0.1, 0.15) is 0 Å². The Kier molecular flexibility index (Phi) is 5.62. The van der Waals surface area contributed by atoms with E-state index in [-0.39, 0.29) is 17.9 Å². The first-order valence-corrected chi connectivity index (χ1v) is 9.04. The minimum absolute atomic E-state index is 0.0497. The normalized spacial score (nSPS) is 27.5. The van der Waals surface area contributed by atoms with E-state index in [1.165, 1.54) is 0 Å². The molecule has 112 valence electrons. The fraction of sp³-hybridized carbons (Fsp3) is 1.00. The van der Waals surface area contributed by atoms with Crippen LogP contribution in [0.1, 0.15) is 39.0 Å². The third kappa shape index (κ3) is 5.02. The summed E-state index contributed by atoms with van der Waals surface area (Å²) >= 11 is 0. The molecule has 2 heterocycles. The number of ether oxygens (including phenoxy) is 1. The molecule has 2 rings (SSSR count). The Morgan fingerprint density at radius 1 is 1.32 bits per heavy atom. The Morgan fingerprint density at radius 3 is 2.68 bits per heavy atom. The number of rotatable bonds is 6. The highest BCUT2D eigenvalue weighted by Crippen LogP contribution is 2.18. The second-order valence-electron chi connectivity index (χ2n) is 5.76. The Balaban J connectivity index is 1.74. The van der Waals surface area contributed by atoms with E-state index in [1.54, 1.807) is 0 Å². The standard InChI is InChI=1S/C13H26N2O3S/c1-11(13-3-2-9-18-13)15-19(16,17)10-6-12-4-7-14-8-5-12/h11-15H,2-10H2,1H3. The Morgan fingerprint density at radius 2 is 2.05 bits per heavy atom. The van der Waals surface area contributed by atoms with Gasteiger partial charge in [-0.25, -0.2) is 13.1 Å². The maximum atomic E-state index is 12.1. The van der Waals surface area contributed by atoms with Gasteiger partial charge in [0, 0.05) is 12.6 Å². The van der Waals surface area contributed by atoms with Gasteiger partial charge in [-0.2, -0.15) is 0 Å². The maximum Gasteiger partial charge on any atom is 0.211 e. The predicted octanol–water partition coefficient (Wildman–Crippen LogP) is 0.863. The molecule has 0 aromatic heterocycles. The zero-order chi connectivity index (χ0) is 13.7. The zero-order valence-corrected chi connectivity index (χ0v) is 12.5. The molecule has 2 fully saturated rings. The Labute approximate surface area is 116 Å². The van der Waals surface area contributed by atoms with Crippen LogP contribution in [0.25, 0.3) is 0 Å². The molecule has 2 unspecified atom stereocenters. The predicted molar refractivity (Wildman–Crippen MR) is 75.6 cm³/mol. The van der Waals surface area contributed by atoms with Crippen molar-refractivity contribution in [3.63, 3.8) is 0 Å². The minimum atomic E-state index is -3.17. The van der Waals surface area contributed by atoms with E-state index in [0.717, 1.165) is 51.8 Å². The topological polar surface area (TPSA) is 67.4 Å². The molecule has 0 radical (unpaired) electrons. The lowest BCUT2D eigenvalue weighted by molar-refractivity contribution is 0.0902. The molecule has 0 amide bonds. The van der Waals surface area contributed by atoms with Crippen molar-refractivity contribution in [3.8, 4) is 0 Å². The van der Waals surface area contributed by atoms with Crippen LogP contribution >= 0.6 is 0 Å². The van der Waals surface area contributed by atoms with Crippen LogP contribution in [0, 0.1) is 5.92 Å². The molecule has 2 saturated heterocycles. The second kappa shape index (κ2) is 7.02. The van der Waals surface area contributed by atoms with Crippen LogP contribution in [-0.2, 0) is 14.8 Å². The van der Waals surface area contributed by atoms with Crippen LogP contribution in [0.3, 0.4) is 0 Å². The van der Waals surface area contributed by atoms with E-state index in [2.05, 4.69) is 10.0 Å². The van der Waals surface area contributed by atoms with Crippen molar-refractivity contribution in [2.75, 3.05) is 25.4 Å². The number of hydrogen-bond acceptors (Lipinski definition) is 4. The van der Waals surface area contributed by atoms with Gasteiger partial charge >= 0.3 is 0 Å². The van der Waals surface area contributed by atoms with E-state index in [0.29, 0.717) is 5.92 Å². The fourth-order valence-corrected chi connectivity index (χ4v) is 4.39. The van der Waals surface area contributed by atoms with E-state index in [1.807, 2.05) is 6.92 Å². The lowest BCUT2D eigenvalue weighted by Gasteiger charge is -2.24. The second-order valence-corrected chi connectivity index (χ2v) is 7.63. The summed E-state index contributed by atoms with van der Waals surface area (Å²) in [6.07, 6.45) is 5.00. The molecule has 0 aliphatic carbocycles. The Hall–Kier alpha value is -0.170. The van der Waals surface area contributed by atoms with E-state index in [4.69, 9.17) is 4.74 Å². The van der Waals surface area contributed by atoms with Crippen molar-refractivity contribution >= 4 is 10.0 Å². The van der Waals surface area contributed by atoms with Crippen LogP contribution in [0.5, 0.6) is 0 Å². The quantitative estimate of drug-likeness (QED) is 0.761. The molecule has 5 nitrogen and oxygen atoms in total. The SMILES string of the molecule is CC(NS(=O)(=O)CCC1CCNCC1)C1CCCO1. The smallest absolute Gasteiger partial charge is 0.211 e. The summed E-state index contributed by atoms with van der Waals surface area (Å²) in [5, 5.41) is 3.30. The first-order valence-electron chi connectivity index (χ1n) is 7.39. The van der Waals surface area contributed by atoms with Crippen molar-refractivity contribution in [1.29, 1.82) is 0 Å². The zero-order valence-electron chi connectivity index (χ0n) is 11.7. The summed E-state index contributed by atoms with van der Waals surface area (Å²) in [4.78, 5) is 0. The third-order valence-electron chi connectivity index (χ3n) is 4.14. The molecule has 0 spiro atoms. The number of hydrogen-bond donors (Lipinski definition) is 2. The van der Waals surface area contributed by atoms with Gasteiger partial charge in [0.15, 0.2) is 0 Å². The third-order valence-corrected chi connectivity index (χ3v) is 5.65. The summed E-state index contributed by atoms with van der Waals surface area (Å²) in [5.74, 6) is 0.796. The van der Waals surface area contributed by atoms with Crippen LogP contribution in [-0.4, -0.2) is 46.0 Å². The summed E-state index contributed by atoms with van der Waals surface area (Å²) in [6, 6.07) is -0.111. The van der Waals surface area contributed by atoms with Crippen LogP contribution in [0.15, 0.2) is 0 Å². The fourth-order valence-electron chi connectivity index (χ4n) is 2.91. The van der Waals surface area contributed by atoms with Gasteiger partial charge in [-0.05, 0) is 58.0 Å². The van der Waals surface area contributed by atoms with Crippen LogP contribution < -0.4 is 10.0 Å². The summed E-state index contributed by atoms with van der Waals surface area (Å²) < 4.78 is 32.4. The van der Waals surface area contributed by atoms with Crippen molar-refractivity contribution in [2.45, 2.75) is 51.2 Å². The highest BCUT2D eigenvalue weighted by Gasteiger charge is 2.26. The number of piperidine rings is 1. The van der Waals surface area contributed by atoms with Gasteiger partial charge in [-0.3, -0.25) is 0 Å². The highest BCUT2D eigenvalue weighted by molar-refractivity contribution is 7.89. The average molecular weight is 290 g/mol. The van der Waals surface area contributed by atoms with Crippen molar-refractivity contribution in [1.82, 2.24) is 10.0 Å². The van der Waals surface area contributed by atoms with Gasteiger partial charge in [0.05, 0.1) is 11.9 Å². The summed E-state index contributed by atoms with van der Waals surface area (Å²) in [6.45, 7) is 4.69. The van der Waals surface area contributed by atoms with Crippen molar-refractivity contribution in [3.05, 3.63) is 0 Å².